The van der Waals surface area contributed by atoms with Crippen molar-refractivity contribution in [1.29, 1.82) is 0 Å². The van der Waals surface area contributed by atoms with Gasteiger partial charge in [0, 0.05) is 35.3 Å². The van der Waals surface area contributed by atoms with E-state index in [2.05, 4.69) is 46.8 Å². The molecule has 1 aromatic heterocycles. The summed E-state index contributed by atoms with van der Waals surface area (Å²) >= 11 is 1.29. The molecule has 10 heteroatoms. The van der Waals surface area contributed by atoms with Gasteiger partial charge in [-0.3, -0.25) is 15.0 Å². The van der Waals surface area contributed by atoms with Crippen molar-refractivity contribution in [2.45, 2.75) is 98.2 Å². The highest BCUT2D eigenvalue weighted by atomic mass is 32.1. The van der Waals surface area contributed by atoms with Crippen LogP contribution in [0.1, 0.15) is 91.0 Å². The highest BCUT2D eigenvalue weighted by molar-refractivity contribution is 7.13. The van der Waals surface area contributed by atoms with E-state index >= 15 is 0 Å². The van der Waals surface area contributed by atoms with Crippen molar-refractivity contribution < 1.29 is 23.9 Å². The normalized spacial score (nSPS) is 13.6. The molecule has 0 saturated carbocycles. The number of aromatic nitrogens is 1. The van der Waals surface area contributed by atoms with E-state index in [0.717, 1.165) is 54.5 Å². The number of carbonyl (C=O) groups is 3. The molecule has 1 heterocycles. The number of rotatable bonds is 9. The Morgan fingerprint density at radius 1 is 0.870 bits per heavy atom. The Morgan fingerprint density at radius 2 is 1.52 bits per heavy atom. The molecule has 46 heavy (non-hydrogen) atoms. The van der Waals surface area contributed by atoms with E-state index in [1.807, 2.05) is 26.2 Å². The van der Waals surface area contributed by atoms with Crippen molar-refractivity contribution in [3.05, 3.63) is 76.3 Å². The van der Waals surface area contributed by atoms with Gasteiger partial charge in [-0.15, -0.1) is 11.3 Å². The van der Waals surface area contributed by atoms with Crippen LogP contribution in [0.4, 0.5) is 26.1 Å². The van der Waals surface area contributed by atoms with E-state index < -0.39 is 23.4 Å². The lowest BCUT2D eigenvalue weighted by atomic mass is 9.86. The number of amides is 3. The maximum Gasteiger partial charge on any atom is 0.414 e. The summed E-state index contributed by atoms with van der Waals surface area (Å²) in [4.78, 5) is 44.9. The monoisotopic (exact) mass is 646 g/mol. The fraction of sp³-hybridized carbons (Fsp3) is 0.444. The van der Waals surface area contributed by atoms with E-state index in [0.29, 0.717) is 29.5 Å². The average Bonchev–Trinajstić information content (AvgIpc) is 3.43. The van der Waals surface area contributed by atoms with Gasteiger partial charge in [-0.25, -0.2) is 14.6 Å². The van der Waals surface area contributed by atoms with E-state index in [1.54, 1.807) is 49.9 Å². The number of benzene rings is 2. The molecular weight excluding hydrogens is 600 g/mol. The van der Waals surface area contributed by atoms with Crippen molar-refractivity contribution in [1.82, 2.24) is 4.98 Å². The first-order valence-electron chi connectivity index (χ1n) is 15.9. The third kappa shape index (κ3) is 10.2. The van der Waals surface area contributed by atoms with Crippen molar-refractivity contribution >= 4 is 51.5 Å². The molecule has 0 saturated heterocycles. The summed E-state index contributed by atoms with van der Waals surface area (Å²) in [5.41, 5.74) is 5.02. The SMILES string of the molecule is CCc1ccc(C2=C(C(=O)Nc3ccc(N(CCc4csc(NC(=O)OC(C)(C)C)n4)C(=O)OC(C)(C)C)cc3)CCCC2)cc1. The Balaban J connectivity index is 1.46. The first-order chi connectivity index (χ1) is 21.7. The van der Waals surface area contributed by atoms with Crippen LogP contribution in [0.2, 0.25) is 0 Å². The standard InChI is InChI=1S/C36H46N4O5S/c1-8-24-13-15-25(16-14-24)29-11-9-10-12-30(29)31(41)37-26-17-19-28(20-18-26)40(34(43)45-36(5,6)7)22-21-27-23-46-32(38-27)39-33(42)44-35(2,3)4/h13-20,23H,8-12,21-22H2,1-7H3,(H,37,41)(H,38,39,42). The lowest BCUT2D eigenvalue weighted by molar-refractivity contribution is -0.113. The van der Waals surface area contributed by atoms with Crippen LogP contribution in [0.5, 0.6) is 0 Å². The van der Waals surface area contributed by atoms with Crippen LogP contribution in [0, 0.1) is 0 Å². The van der Waals surface area contributed by atoms with E-state index in [1.165, 1.54) is 16.9 Å². The summed E-state index contributed by atoms with van der Waals surface area (Å²) < 4.78 is 11.0. The minimum absolute atomic E-state index is 0.0923. The summed E-state index contributed by atoms with van der Waals surface area (Å²) in [6.07, 6.45) is 4.03. The minimum Gasteiger partial charge on any atom is -0.444 e. The van der Waals surface area contributed by atoms with Crippen LogP contribution in [-0.4, -0.2) is 40.8 Å². The zero-order valence-corrected chi connectivity index (χ0v) is 28.8. The van der Waals surface area contributed by atoms with Gasteiger partial charge in [-0.05, 0) is 115 Å². The quantitative estimate of drug-likeness (QED) is 0.240. The molecule has 4 rings (SSSR count). The number of nitrogens with one attached hydrogen (secondary N) is 2. The van der Waals surface area contributed by atoms with Gasteiger partial charge in [0.1, 0.15) is 11.2 Å². The topological polar surface area (TPSA) is 110 Å². The number of ether oxygens (including phenoxy) is 2. The second kappa shape index (κ2) is 14.9. The summed E-state index contributed by atoms with van der Waals surface area (Å²) in [5, 5.41) is 7.99. The van der Waals surface area contributed by atoms with Gasteiger partial charge in [-0.1, -0.05) is 31.2 Å². The van der Waals surface area contributed by atoms with Gasteiger partial charge in [-0.2, -0.15) is 0 Å². The molecule has 0 fully saturated rings. The second-order valence-electron chi connectivity index (χ2n) is 13.4. The van der Waals surface area contributed by atoms with E-state index in [9.17, 15) is 14.4 Å². The fourth-order valence-electron chi connectivity index (χ4n) is 5.09. The van der Waals surface area contributed by atoms with E-state index in [4.69, 9.17) is 9.47 Å². The first kappa shape index (κ1) is 34.7. The predicted octanol–water partition coefficient (Wildman–Crippen LogP) is 9.00. The molecule has 246 valence electrons. The Kier molecular flexibility index (Phi) is 11.3. The van der Waals surface area contributed by atoms with Crippen LogP contribution in [0.3, 0.4) is 0 Å². The Bertz CT molecular complexity index is 1550. The third-order valence-corrected chi connectivity index (χ3v) is 8.06. The highest BCUT2D eigenvalue weighted by Crippen LogP contribution is 2.33. The number of nitrogens with zero attached hydrogens (tertiary/aromatic N) is 2. The van der Waals surface area contributed by atoms with Gasteiger partial charge in [0.15, 0.2) is 5.13 Å². The zero-order valence-electron chi connectivity index (χ0n) is 28.0. The third-order valence-electron chi connectivity index (χ3n) is 7.25. The van der Waals surface area contributed by atoms with Crippen molar-refractivity contribution in [2.24, 2.45) is 0 Å². The molecule has 0 unspecified atom stereocenters. The lowest BCUT2D eigenvalue weighted by Gasteiger charge is -2.27. The maximum absolute atomic E-state index is 13.5. The number of carbonyl (C=O) groups excluding carboxylic acids is 3. The van der Waals surface area contributed by atoms with Crippen LogP contribution in [0.25, 0.3) is 5.57 Å². The summed E-state index contributed by atoms with van der Waals surface area (Å²) in [6.45, 7) is 13.3. The van der Waals surface area contributed by atoms with Crippen LogP contribution in [0.15, 0.2) is 59.5 Å². The Hall–Kier alpha value is -4.18. The Labute approximate surface area is 276 Å². The Morgan fingerprint density at radius 3 is 2.15 bits per heavy atom. The van der Waals surface area contributed by atoms with Gasteiger partial charge < -0.3 is 14.8 Å². The average molecular weight is 647 g/mol. The molecule has 0 aliphatic heterocycles. The number of hydrogen-bond donors (Lipinski definition) is 2. The molecule has 2 aromatic carbocycles. The first-order valence-corrected chi connectivity index (χ1v) is 16.8. The second-order valence-corrected chi connectivity index (χ2v) is 14.2. The van der Waals surface area contributed by atoms with Crippen LogP contribution >= 0.6 is 11.3 Å². The number of anilines is 3. The molecular formula is C36H46N4O5S. The predicted molar refractivity (Wildman–Crippen MR) is 186 cm³/mol. The molecule has 9 nitrogen and oxygen atoms in total. The largest absolute Gasteiger partial charge is 0.444 e. The molecule has 0 bridgehead atoms. The van der Waals surface area contributed by atoms with Gasteiger partial charge in [0.05, 0.1) is 5.69 Å². The van der Waals surface area contributed by atoms with E-state index in [-0.39, 0.29) is 5.91 Å². The maximum atomic E-state index is 13.5. The number of thiazole rings is 1. The van der Waals surface area contributed by atoms with Crippen LogP contribution in [-0.2, 0) is 27.1 Å². The summed E-state index contributed by atoms with van der Waals surface area (Å²) in [6, 6.07) is 15.7. The molecule has 0 atom stereocenters. The smallest absolute Gasteiger partial charge is 0.414 e. The summed E-state index contributed by atoms with van der Waals surface area (Å²) in [5.74, 6) is -0.0923. The van der Waals surface area contributed by atoms with Crippen molar-refractivity contribution in [2.75, 3.05) is 22.1 Å². The molecule has 3 aromatic rings. The number of allylic oxidation sites excluding steroid dienone is 1. The van der Waals surface area contributed by atoms with Gasteiger partial charge in [0.2, 0.25) is 0 Å². The van der Waals surface area contributed by atoms with Gasteiger partial charge >= 0.3 is 12.2 Å². The fourth-order valence-corrected chi connectivity index (χ4v) is 5.82. The zero-order chi connectivity index (χ0) is 33.5. The van der Waals surface area contributed by atoms with Crippen molar-refractivity contribution in [3.63, 3.8) is 0 Å². The minimum atomic E-state index is -0.684. The van der Waals surface area contributed by atoms with Crippen LogP contribution < -0.4 is 15.5 Å². The highest BCUT2D eigenvalue weighted by Gasteiger charge is 2.25. The molecule has 0 radical (unpaired) electrons. The molecule has 2 N–H and O–H groups in total. The van der Waals surface area contributed by atoms with Crippen molar-refractivity contribution in [3.8, 4) is 0 Å². The molecule has 1 aliphatic rings. The van der Waals surface area contributed by atoms with Gasteiger partial charge in [0.25, 0.3) is 5.91 Å². The summed E-state index contributed by atoms with van der Waals surface area (Å²) in [7, 11) is 0. The number of aryl methyl sites for hydroxylation is 1. The molecule has 1 aliphatic carbocycles. The molecule has 3 amide bonds. The molecule has 0 spiro atoms. The number of hydrogen-bond acceptors (Lipinski definition) is 7. The lowest BCUT2D eigenvalue weighted by Crippen LogP contribution is -2.38.